The van der Waals surface area contributed by atoms with Gasteiger partial charge in [-0.05, 0) is 25.1 Å². The summed E-state index contributed by atoms with van der Waals surface area (Å²) in [5, 5.41) is 16.3. The van der Waals surface area contributed by atoms with Crippen molar-refractivity contribution in [2.24, 2.45) is 5.73 Å². The van der Waals surface area contributed by atoms with Gasteiger partial charge in [0.25, 0.3) is 5.91 Å². The number of carboxylic acid groups (broad SMARTS) is 1. The Kier molecular flexibility index (Phi) is 3.60. The number of benzene rings is 1. The lowest BCUT2D eigenvalue weighted by atomic mass is 10.1. The molecule has 0 spiro atoms. The molecule has 2 rings (SSSR count). The predicted octanol–water partition coefficient (Wildman–Crippen LogP) is 1.37. The molecule has 0 aliphatic rings. The Morgan fingerprint density at radius 3 is 2.50 bits per heavy atom. The first kappa shape index (κ1) is 13.5. The van der Waals surface area contributed by atoms with E-state index in [2.05, 4.69) is 10.2 Å². The number of ether oxygens (including phenoxy) is 1. The number of aromatic carboxylic acids is 1. The number of aryl methyl sites for hydroxylation is 1. The maximum Gasteiger partial charge on any atom is 0.339 e. The largest absolute Gasteiger partial charge is 0.478 e. The molecule has 0 unspecified atom stereocenters. The van der Waals surface area contributed by atoms with E-state index in [4.69, 9.17) is 15.6 Å². The lowest BCUT2D eigenvalue weighted by Crippen LogP contribution is -2.13. The van der Waals surface area contributed by atoms with Gasteiger partial charge in [-0.2, -0.15) is 0 Å². The highest BCUT2D eigenvalue weighted by Gasteiger charge is 2.13. The summed E-state index contributed by atoms with van der Waals surface area (Å²) in [6.45, 7) is 1.78. The smallest absolute Gasteiger partial charge is 0.339 e. The van der Waals surface area contributed by atoms with E-state index in [-0.39, 0.29) is 22.9 Å². The molecule has 0 atom stereocenters. The molecular formula is C13H11N3O4. The van der Waals surface area contributed by atoms with Crippen molar-refractivity contribution in [3.05, 3.63) is 47.2 Å². The van der Waals surface area contributed by atoms with Crippen LogP contribution in [0.1, 0.15) is 26.4 Å². The second-order valence-corrected chi connectivity index (χ2v) is 4.03. The molecule has 0 saturated carbocycles. The van der Waals surface area contributed by atoms with Crippen LogP contribution >= 0.6 is 0 Å². The molecule has 2 aromatic rings. The summed E-state index contributed by atoms with van der Waals surface area (Å²) in [4.78, 5) is 22.0. The minimum absolute atomic E-state index is 0.000265. The normalized spacial score (nSPS) is 10.1. The van der Waals surface area contributed by atoms with Gasteiger partial charge in [0, 0.05) is 6.07 Å². The molecule has 7 nitrogen and oxygen atoms in total. The molecule has 0 aliphatic carbocycles. The molecule has 1 aromatic heterocycles. The van der Waals surface area contributed by atoms with Crippen LogP contribution in [0, 0.1) is 6.92 Å². The van der Waals surface area contributed by atoms with Crippen LogP contribution in [0.25, 0.3) is 0 Å². The van der Waals surface area contributed by atoms with E-state index in [0.717, 1.165) is 5.56 Å². The summed E-state index contributed by atoms with van der Waals surface area (Å²) in [6, 6.07) is 7.47. The second-order valence-electron chi connectivity index (χ2n) is 4.03. The molecule has 20 heavy (non-hydrogen) atoms. The zero-order valence-electron chi connectivity index (χ0n) is 10.5. The summed E-state index contributed by atoms with van der Waals surface area (Å²) < 4.78 is 5.35. The quantitative estimate of drug-likeness (QED) is 0.869. The lowest BCUT2D eigenvalue weighted by molar-refractivity contribution is 0.0693. The molecule has 0 fully saturated rings. The Hall–Kier alpha value is -2.96. The van der Waals surface area contributed by atoms with Crippen LogP contribution in [0.5, 0.6) is 11.6 Å². The third-order valence-electron chi connectivity index (χ3n) is 2.47. The SMILES string of the molecule is Cc1ccc(Oc2ccc(C(N)=O)nn2)c(C(=O)O)c1. The Balaban J connectivity index is 2.30. The minimum Gasteiger partial charge on any atom is -0.478 e. The Labute approximate surface area is 114 Å². The third kappa shape index (κ3) is 2.89. The van der Waals surface area contributed by atoms with Gasteiger partial charge in [-0.15, -0.1) is 10.2 Å². The number of primary amides is 1. The van der Waals surface area contributed by atoms with Crippen LogP contribution in [0.3, 0.4) is 0 Å². The van der Waals surface area contributed by atoms with Crippen molar-refractivity contribution in [1.29, 1.82) is 0 Å². The van der Waals surface area contributed by atoms with E-state index in [9.17, 15) is 9.59 Å². The molecule has 0 aliphatic heterocycles. The van der Waals surface area contributed by atoms with E-state index < -0.39 is 11.9 Å². The van der Waals surface area contributed by atoms with Crippen LogP contribution in [-0.2, 0) is 0 Å². The lowest BCUT2D eigenvalue weighted by Gasteiger charge is -2.08. The number of aromatic nitrogens is 2. The van der Waals surface area contributed by atoms with Gasteiger partial charge in [0.15, 0.2) is 5.69 Å². The summed E-state index contributed by atoms with van der Waals surface area (Å²) in [5.41, 5.74) is 5.85. The van der Waals surface area contributed by atoms with Gasteiger partial charge in [-0.25, -0.2) is 4.79 Å². The molecule has 3 N–H and O–H groups in total. The van der Waals surface area contributed by atoms with Crippen LogP contribution in [-0.4, -0.2) is 27.2 Å². The van der Waals surface area contributed by atoms with Gasteiger partial charge in [0.1, 0.15) is 11.3 Å². The van der Waals surface area contributed by atoms with Crippen molar-refractivity contribution in [2.45, 2.75) is 6.92 Å². The first-order valence-corrected chi connectivity index (χ1v) is 5.62. The number of hydrogen-bond acceptors (Lipinski definition) is 5. The fraction of sp³-hybridized carbons (Fsp3) is 0.0769. The van der Waals surface area contributed by atoms with Gasteiger partial charge in [-0.3, -0.25) is 4.79 Å². The van der Waals surface area contributed by atoms with E-state index >= 15 is 0 Å². The van der Waals surface area contributed by atoms with Crippen molar-refractivity contribution < 1.29 is 19.4 Å². The summed E-state index contributed by atoms with van der Waals surface area (Å²) in [7, 11) is 0. The monoisotopic (exact) mass is 273 g/mol. The molecule has 7 heteroatoms. The van der Waals surface area contributed by atoms with Gasteiger partial charge < -0.3 is 15.6 Å². The van der Waals surface area contributed by atoms with E-state index in [1.54, 1.807) is 13.0 Å². The summed E-state index contributed by atoms with van der Waals surface area (Å²) in [5.74, 6) is -1.60. The number of rotatable bonds is 4. The first-order valence-electron chi connectivity index (χ1n) is 5.62. The number of hydrogen-bond donors (Lipinski definition) is 2. The number of carboxylic acids is 1. The molecule has 1 aromatic carbocycles. The van der Waals surface area contributed by atoms with Crippen molar-refractivity contribution in [2.75, 3.05) is 0 Å². The molecule has 1 amide bonds. The summed E-state index contributed by atoms with van der Waals surface area (Å²) >= 11 is 0. The number of amides is 1. The topological polar surface area (TPSA) is 115 Å². The van der Waals surface area contributed by atoms with Crippen LogP contribution in [0.4, 0.5) is 0 Å². The number of nitrogens with zero attached hydrogens (tertiary/aromatic N) is 2. The van der Waals surface area contributed by atoms with Crippen molar-refractivity contribution in [1.82, 2.24) is 10.2 Å². The molecule has 102 valence electrons. The van der Waals surface area contributed by atoms with Crippen LogP contribution in [0.15, 0.2) is 30.3 Å². The highest BCUT2D eigenvalue weighted by Crippen LogP contribution is 2.24. The van der Waals surface area contributed by atoms with Gasteiger partial charge in [0.05, 0.1) is 0 Å². The third-order valence-corrected chi connectivity index (χ3v) is 2.47. The van der Waals surface area contributed by atoms with Crippen LogP contribution < -0.4 is 10.5 Å². The minimum atomic E-state index is -1.11. The molecule has 0 saturated heterocycles. The van der Waals surface area contributed by atoms with Gasteiger partial charge >= 0.3 is 5.97 Å². The molecular weight excluding hydrogens is 262 g/mol. The van der Waals surface area contributed by atoms with Gasteiger partial charge in [-0.1, -0.05) is 11.6 Å². The number of carbonyl (C=O) groups excluding carboxylic acids is 1. The Morgan fingerprint density at radius 2 is 1.95 bits per heavy atom. The average molecular weight is 273 g/mol. The second kappa shape index (κ2) is 5.35. The molecule has 0 bridgehead atoms. The fourth-order valence-corrected chi connectivity index (χ4v) is 1.52. The van der Waals surface area contributed by atoms with E-state index in [1.165, 1.54) is 24.3 Å². The fourth-order valence-electron chi connectivity index (χ4n) is 1.52. The highest BCUT2D eigenvalue weighted by atomic mass is 16.5. The Bertz CT molecular complexity index is 668. The first-order chi connectivity index (χ1) is 9.47. The van der Waals surface area contributed by atoms with E-state index in [1.807, 2.05) is 0 Å². The number of carbonyl (C=O) groups is 2. The zero-order chi connectivity index (χ0) is 14.7. The van der Waals surface area contributed by atoms with Crippen LogP contribution in [0.2, 0.25) is 0 Å². The van der Waals surface area contributed by atoms with Crippen molar-refractivity contribution >= 4 is 11.9 Å². The standard InChI is InChI=1S/C13H11N3O4/c1-7-2-4-10(8(6-7)13(18)19)20-11-5-3-9(12(14)17)15-16-11/h2-6H,1H3,(H2,14,17)(H,18,19). The molecule has 1 heterocycles. The highest BCUT2D eigenvalue weighted by molar-refractivity contribution is 5.91. The summed E-state index contributed by atoms with van der Waals surface area (Å²) in [6.07, 6.45) is 0. The van der Waals surface area contributed by atoms with Gasteiger partial charge in [0.2, 0.25) is 5.88 Å². The van der Waals surface area contributed by atoms with Crippen molar-refractivity contribution in [3.8, 4) is 11.6 Å². The molecule has 0 radical (unpaired) electrons. The zero-order valence-corrected chi connectivity index (χ0v) is 10.5. The maximum absolute atomic E-state index is 11.1. The van der Waals surface area contributed by atoms with Crippen molar-refractivity contribution in [3.63, 3.8) is 0 Å². The number of nitrogens with two attached hydrogens (primary N) is 1. The maximum atomic E-state index is 11.1. The Morgan fingerprint density at radius 1 is 1.20 bits per heavy atom. The van der Waals surface area contributed by atoms with E-state index in [0.29, 0.717) is 0 Å². The average Bonchev–Trinajstić information content (AvgIpc) is 2.41. The predicted molar refractivity (Wildman–Crippen MR) is 68.8 cm³/mol.